The monoisotopic (exact) mass is 277 g/mol. The van der Waals surface area contributed by atoms with E-state index in [1.54, 1.807) is 18.4 Å². The van der Waals surface area contributed by atoms with E-state index in [2.05, 4.69) is 17.4 Å². The summed E-state index contributed by atoms with van der Waals surface area (Å²) in [7, 11) is 3.66. The van der Waals surface area contributed by atoms with Crippen molar-refractivity contribution in [3.8, 4) is 11.5 Å². The zero-order valence-electron chi connectivity index (χ0n) is 11.5. The zero-order chi connectivity index (χ0) is 13.7. The molecule has 0 radical (unpaired) electrons. The van der Waals surface area contributed by atoms with E-state index in [0.29, 0.717) is 6.61 Å². The lowest BCUT2D eigenvalue weighted by Crippen LogP contribution is -2.17. The van der Waals surface area contributed by atoms with Gasteiger partial charge in [0.1, 0.15) is 11.5 Å². The molecule has 0 saturated carbocycles. The third-order valence-electron chi connectivity index (χ3n) is 2.95. The van der Waals surface area contributed by atoms with Gasteiger partial charge < -0.3 is 14.8 Å². The second kappa shape index (κ2) is 6.59. The van der Waals surface area contributed by atoms with Gasteiger partial charge in [0, 0.05) is 0 Å². The summed E-state index contributed by atoms with van der Waals surface area (Å²) in [6.45, 7) is 2.67. The van der Waals surface area contributed by atoms with Gasteiger partial charge in [0.05, 0.1) is 24.6 Å². The summed E-state index contributed by atoms with van der Waals surface area (Å²) in [6, 6.07) is 10.3. The predicted octanol–water partition coefficient (Wildman–Crippen LogP) is 3.46. The van der Waals surface area contributed by atoms with Crippen molar-refractivity contribution < 1.29 is 9.47 Å². The minimum atomic E-state index is 0.144. The Morgan fingerprint density at radius 1 is 1.21 bits per heavy atom. The SMILES string of the molecule is CCOc1ccc(C(NC)c2sccc2OC)cc1. The molecule has 4 heteroatoms. The van der Waals surface area contributed by atoms with Crippen LogP contribution in [0.4, 0.5) is 0 Å². The van der Waals surface area contributed by atoms with E-state index in [1.165, 1.54) is 10.4 Å². The molecule has 1 atom stereocenters. The summed E-state index contributed by atoms with van der Waals surface area (Å²) < 4.78 is 10.9. The molecule has 2 aromatic rings. The smallest absolute Gasteiger partial charge is 0.134 e. The van der Waals surface area contributed by atoms with Crippen LogP contribution in [0.2, 0.25) is 0 Å². The third kappa shape index (κ3) is 3.08. The second-order valence-electron chi connectivity index (χ2n) is 4.08. The van der Waals surface area contributed by atoms with E-state index < -0.39 is 0 Å². The van der Waals surface area contributed by atoms with Crippen molar-refractivity contribution in [1.82, 2.24) is 5.32 Å². The van der Waals surface area contributed by atoms with E-state index in [1.807, 2.05) is 37.6 Å². The van der Waals surface area contributed by atoms with Crippen LogP contribution in [0.15, 0.2) is 35.7 Å². The molecule has 19 heavy (non-hydrogen) atoms. The van der Waals surface area contributed by atoms with Crippen LogP contribution in [0.5, 0.6) is 11.5 Å². The Bertz CT molecular complexity index is 507. The largest absolute Gasteiger partial charge is 0.496 e. The number of hydrogen-bond acceptors (Lipinski definition) is 4. The maximum absolute atomic E-state index is 5.47. The number of thiophene rings is 1. The first kappa shape index (κ1) is 13.9. The van der Waals surface area contributed by atoms with Crippen molar-refractivity contribution >= 4 is 11.3 Å². The standard InChI is InChI=1S/C15H19NO2S/c1-4-18-12-7-5-11(6-8-12)14(16-2)15-13(17-3)9-10-19-15/h5-10,14,16H,4H2,1-3H3. The topological polar surface area (TPSA) is 30.5 Å². The van der Waals surface area contributed by atoms with Gasteiger partial charge in [-0.3, -0.25) is 0 Å². The first-order chi connectivity index (χ1) is 9.30. The van der Waals surface area contributed by atoms with Crippen molar-refractivity contribution in [3.63, 3.8) is 0 Å². The Kier molecular flexibility index (Phi) is 4.82. The van der Waals surface area contributed by atoms with Crippen LogP contribution in [0.25, 0.3) is 0 Å². The Morgan fingerprint density at radius 2 is 1.95 bits per heavy atom. The molecule has 0 aliphatic carbocycles. The summed E-state index contributed by atoms with van der Waals surface area (Å²) in [5, 5.41) is 5.39. The second-order valence-corrected chi connectivity index (χ2v) is 5.02. The molecule has 1 heterocycles. The van der Waals surface area contributed by atoms with Gasteiger partial charge in [0.25, 0.3) is 0 Å². The average molecular weight is 277 g/mol. The lowest BCUT2D eigenvalue weighted by molar-refractivity contribution is 0.340. The summed E-state index contributed by atoms with van der Waals surface area (Å²) in [6.07, 6.45) is 0. The number of methoxy groups -OCH3 is 1. The molecule has 0 aliphatic rings. The molecule has 0 saturated heterocycles. The molecule has 0 aliphatic heterocycles. The van der Waals surface area contributed by atoms with Gasteiger partial charge in [-0.15, -0.1) is 11.3 Å². The van der Waals surface area contributed by atoms with Crippen LogP contribution in [-0.4, -0.2) is 20.8 Å². The quantitative estimate of drug-likeness (QED) is 0.877. The Morgan fingerprint density at radius 3 is 2.53 bits per heavy atom. The fourth-order valence-corrected chi connectivity index (χ4v) is 3.06. The maximum atomic E-state index is 5.47. The lowest BCUT2D eigenvalue weighted by atomic mass is 10.1. The van der Waals surface area contributed by atoms with Gasteiger partial charge in [-0.1, -0.05) is 12.1 Å². The normalized spacial score (nSPS) is 12.2. The van der Waals surface area contributed by atoms with Gasteiger partial charge in [-0.05, 0) is 43.1 Å². The minimum Gasteiger partial charge on any atom is -0.496 e. The number of hydrogen-bond donors (Lipinski definition) is 1. The van der Waals surface area contributed by atoms with E-state index in [-0.39, 0.29) is 6.04 Å². The molecular weight excluding hydrogens is 258 g/mol. The molecule has 0 amide bonds. The van der Waals surface area contributed by atoms with Crippen molar-refractivity contribution in [1.29, 1.82) is 0 Å². The van der Waals surface area contributed by atoms with Crippen molar-refractivity contribution in [3.05, 3.63) is 46.2 Å². The van der Waals surface area contributed by atoms with Crippen molar-refractivity contribution in [2.75, 3.05) is 20.8 Å². The molecular formula is C15H19NO2S. The van der Waals surface area contributed by atoms with Gasteiger partial charge in [0.15, 0.2) is 0 Å². The Labute approximate surface area is 118 Å². The number of benzene rings is 1. The van der Waals surface area contributed by atoms with Gasteiger partial charge in [0.2, 0.25) is 0 Å². The highest BCUT2D eigenvalue weighted by molar-refractivity contribution is 7.10. The fraction of sp³-hybridized carbons (Fsp3) is 0.333. The van der Waals surface area contributed by atoms with Gasteiger partial charge in [-0.25, -0.2) is 0 Å². The van der Waals surface area contributed by atoms with Crippen LogP contribution >= 0.6 is 11.3 Å². The molecule has 1 aromatic heterocycles. The highest BCUT2D eigenvalue weighted by Gasteiger charge is 2.17. The van der Waals surface area contributed by atoms with Crippen LogP contribution < -0.4 is 14.8 Å². The average Bonchev–Trinajstić information content (AvgIpc) is 2.90. The predicted molar refractivity (Wildman–Crippen MR) is 79.4 cm³/mol. The molecule has 0 spiro atoms. The highest BCUT2D eigenvalue weighted by atomic mass is 32.1. The number of rotatable bonds is 6. The van der Waals surface area contributed by atoms with Crippen LogP contribution in [-0.2, 0) is 0 Å². The maximum Gasteiger partial charge on any atom is 0.134 e. The molecule has 0 fully saturated rings. The van der Waals surface area contributed by atoms with Crippen molar-refractivity contribution in [2.45, 2.75) is 13.0 Å². The van der Waals surface area contributed by atoms with Gasteiger partial charge >= 0.3 is 0 Å². The van der Waals surface area contributed by atoms with Crippen LogP contribution in [0.3, 0.4) is 0 Å². The van der Waals surface area contributed by atoms with E-state index in [9.17, 15) is 0 Å². The highest BCUT2D eigenvalue weighted by Crippen LogP contribution is 2.34. The number of ether oxygens (including phenoxy) is 2. The molecule has 3 nitrogen and oxygen atoms in total. The van der Waals surface area contributed by atoms with Crippen LogP contribution in [0.1, 0.15) is 23.4 Å². The summed E-state index contributed by atoms with van der Waals surface area (Å²) in [4.78, 5) is 1.19. The molecule has 1 aromatic carbocycles. The first-order valence-electron chi connectivity index (χ1n) is 6.31. The molecule has 102 valence electrons. The molecule has 0 bridgehead atoms. The molecule has 1 N–H and O–H groups in total. The van der Waals surface area contributed by atoms with Crippen molar-refractivity contribution in [2.24, 2.45) is 0 Å². The lowest BCUT2D eigenvalue weighted by Gasteiger charge is -2.17. The van der Waals surface area contributed by atoms with E-state index in [0.717, 1.165) is 11.5 Å². The minimum absolute atomic E-state index is 0.144. The molecule has 1 unspecified atom stereocenters. The van der Waals surface area contributed by atoms with Crippen LogP contribution in [0, 0.1) is 0 Å². The fourth-order valence-electron chi connectivity index (χ4n) is 2.06. The first-order valence-corrected chi connectivity index (χ1v) is 7.19. The van der Waals surface area contributed by atoms with Gasteiger partial charge in [-0.2, -0.15) is 0 Å². The summed E-state index contributed by atoms with van der Waals surface area (Å²) in [5.74, 6) is 1.83. The summed E-state index contributed by atoms with van der Waals surface area (Å²) >= 11 is 1.70. The van der Waals surface area contributed by atoms with E-state index >= 15 is 0 Å². The van der Waals surface area contributed by atoms with E-state index in [4.69, 9.17) is 9.47 Å². The Hall–Kier alpha value is -1.52. The summed E-state index contributed by atoms with van der Waals surface area (Å²) in [5.41, 5.74) is 1.20. The Balaban J connectivity index is 2.26. The third-order valence-corrected chi connectivity index (χ3v) is 3.92. The molecule has 2 rings (SSSR count). The number of nitrogens with one attached hydrogen (secondary N) is 1. The zero-order valence-corrected chi connectivity index (χ0v) is 12.3.